The van der Waals surface area contributed by atoms with Gasteiger partial charge in [0, 0.05) is 10.6 Å². The largest absolute Gasteiger partial charge is 0.121 e. The second kappa shape index (κ2) is 7.14. The van der Waals surface area contributed by atoms with Crippen molar-refractivity contribution in [2.75, 3.05) is 0 Å². The van der Waals surface area contributed by atoms with Crippen molar-refractivity contribution in [2.45, 2.75) is 17.1 Å². The first-order chi connectivity index (χ1) is 10.4. The van der Waals surface area contributed by atoms with Gasteiger partial charge in [-0.05, 0) is 35.2 Å². The predicted octanol–water partition coefficient (Wildman–Crippen LogP) is 5.57. The second-order valence-corrected chi connectivity index (χ2v) is 6.13. The van der Waals surface area contributed by atoms with Gasteiger partial charge in [0.15, 0.2) is 0 Å². The van der Waals surface area contributed by atoms with Crippen LogP contribution in [-0.2, 0) is 12.2 Å². The summed E-state index contributed by atoms with van der Waals surface area (Å²) in [6.45, 7) is 0. The highest BCUT2D eigenvalue weighted by Crippen LogP contribution is 2.24. The van der Waals surface area contributed by atoms with Gasteiger partial charge in [0.1, 0.15) is 0 Å². The van der Waals surface area contributed by atoms with E-state index >= 15 is 0 Å². The van der Waals surface area contributed by atoms with Crippen LogP contribution in [0, 0.1) is 0 Å². The number of rotatable bonds is 5. The monoisotopic (exact) mass is 290 g/mol. The molecule has 3 aromatic rings. The lowest BCUT2D eigenvalue weighted by Gasteiger charge is -2.06. The maximum atomic E-state index is 2.31. The first-order valence-electron chi connectivity index (χ1n) is 7.20. The summed E-state index contributed by atoms with van der Waals surface area (Å²) in [4.78, 5) is 1.34. The third-order valence-electron chi connectivity index (χ3n) is 3.40. The first-order valence-corrected chi connectivity index (χ1v) is 8.18. The van der Waals surface area contributed by atoms with Gasteiger partial charge < -0.3 is 0 Å². The molecule has 0 radical (unpaired) electrons. The topological polar surface area (TPSA) is 0 Å². The third kappa shape index (κ3) is 4.24. The fourth-order valence-electron chi connectivity index (χ4n) is 2.32. The minimum atomic E-state index is 1.00. The van der Waals surface area contributed by atoms with Crippen LogP contribution in [0.25, 0.3) is 0 Å². The molecular weight excluding hydrogens is 272 g/mol. The standard InChI is InChI=1S/C20H18S/c1-3-8-17(9-4-1)14-19-12-7-13-20(15-19)21-16-18-10-5-2-6-11-18/h1-13,15H,14,16H2. The summed E-state index contributed by atoms with van der Waals surface area (Å²) in [7, 11) is 0. The molecule has 0 bridgehead atoms. The Morgan fingerprint density at radius 3 is 1.90 bits per heavy atom. The Morgan fingerprint density at radius 1 is 0.571 bits per heavy atom. The van der Waals surface area contributed by atoms with Gasteiger partial charge in [-0.1, -0.05) is 72.8 Å². The quantitative estimate of drug-likeness (QED) is 0.554. The first kappa shape index (κ1) is 14.0. The van der Waals surface area contributed by atoms with Crippen LogP contribution in [0.15, 0.2) is 89.8 Å². The maximum absolute atomic E-state index is 2.31. The minimum absolute atomic E-state index is 1.00. The second-order valence-electron chi connectivity index (χ2n) is 5.08. The average Bonchev–Trinajstić information content (AvgIpc) is 2.55. The summed E-state index contributed by atoms with van der Waals surface area (Å²) in [5.74, 6) is 1.02. The van der Waals surface area contributed by atoms with Crippen LogP contribution in [-0.4, -0.2) is 0 Å². The molecule has 0 aliphatic rings. The van der Waals surface area contributed by atoms with Gasteiger partial charge in [-0.3, -0.25) is 0 Å². The van der Waals surface area contributed by atoms with Gasteiger partial charge in [0.2, 0.25) is 0 Å². The van der Waals surface area contributed by atoms with E-state index < -0.39 is 0 Å². The fourth-order valence-corrected chi connectivity index (χ4v) is 3.25. The summed E-state index contributed by atoms with van der Waals surface area (Å²) >= 11 is 1.90. The molecule has 21 heavy (non-hydrogen) atoms. The Balaban J connectivity index is 1.66. The molecule has 0 heterocycles. The summed E-state index contributed by atoms with van der Waals surface area (Å²) in [6.07, 6.45) is 1.00. The lowest BCUT2D eigenvalue weighted by Crippen LogP contribution is -1.88. The van der Waals surface area contributed by atoms with Crippen LogP contribution in [0.5, 0.6) is 0 Å². The summed E-state index contributed by atoms with van der Waals surface area (Å²) in [6, 6.07) is 30.1. The Labute approximate surface area is 130 Å². The van der Waals surface area contributed by atoms with E-state index in [0.29, 0.717) is 0 Å². The van der Waals surface area contributed by atoms with Crippen molar-refractivity contribution in [3.63, 3.8) is 0 Å². The number of hydrogen-bond acceptors (Lipinski definition) is 1. The zero-order valence-corrected chi connectivity index (χ0v) is 12.7. The van der Waals surface area contributed by atoms with Crippen molar-refractivity contribution in [1.29, 1.82) is 0 Å². The van der Waals surface area contributed by atoms with E-state index in [1.165, 1.54) is 21.6 Å². The normalized spacial score (nSPS) is 10.5. The molecule has 0 aliphatic heterocycles. The SMILES string of the molecule is c1ccc(CSc2cccc(Cc3ccccc3)c2)cc1. The molecule has 0 nitrogen and oxygen atoms in total. The van der Waals surface area contributed by atoms with Gasteiger partial charge >= 0.3 is 0 Å². The predicted molar refractivity (Wildman–Crippen MR) is 91.7 cm³/mol. The molecule has 0 N–H and O–H groups in total. The zero-order chi connectivity index (χ0) is 14.3. The molecule has 0 atom stereocenters. The summed E-state index contributed by atoms with van der Waals surface area (Å²) < 4.78 is 0. The van der Waals surface area contributed by atoms with Gasteiger partial charge in [-0.15, -0.1) is 11.8 Å². The van der Waals surface area contributed by atoms with Crippen LogP contribution in [0.4, 0.5) is 0 Å². The smallest absolute Gasteiger partial charge is 0.0231 e. The Bertz CT molecular complexity index is 674. The summed E-state index contributed by atoms with van der Waals surface area (Å²) in [5, 5.41) is 0. The molecule has 0 saturated carbocycles. The molecule has 0 aliphatic carbocycles. The molecule has 0 spiro atoms. The van der Waals surface area contributed by atoms with E-state index in [1.54, 1.807) is 0 Å². The van der Waals surface area contributed by atoms with E-state index in [0.717, 1.165) is 12.2 Å². The zero-order valence-electron chi connectivity index (χ0n) is 11.9. The molecule has 0 unspecified atom stereocenters. The highest BCUT2D eigenvalue weighted by Gasteiger charge is 2.00. The minimum Gasteiger partial charge on any atom is -0.121 e. The summed E-state index contributed by atoms with van der Waals surface area (Å²) in [5.41, 5.74) is 4.11. The average molecular weight is 290 g/mol. The Morgan fingerprint density at radius 2 is 1.19 bits per heavy atom. The van der Waals surface area contributed by atoms with E-state index in [9.17, 15) is 0 Å². The number of hydrogen-bond donors (Lipinski definition) is 0. The van der Waals surface area contributed by atoms with Gasteiger partial charge in [-0.25, -0.2) is 0 Å². The molecule has 0 saturated heterocycles. The third-order valence-corrected chi connectivity index (χ3v) is 4.46. The molecule has 0 aromatic heterocycles. The number of thioether (sulfide) groups is 1. The fraction of sp³-hybridized carbons (Fsp3) is 0.100. The molecule has 3 aromatic carbocycles. The van der Waals surface area contributed by atoms with E-state index in [4.69, 9.17) is 0 Å². The van der Waals surface area contributed by atoms with Gasteiger partial charge in [0.25, 0.3) is 0 Å². The van der Waals surface area contributed by atoms with Crippen LogP contribution >= 0.6 is 11.8 Å². The van der Waals surface area contributed by atoms with E-state index in [2.05, 4.69) is 84.9 Å². The van der Waals surface area contributed by atoms with Crippen molar-refractivity contribution < 1.29 is 0 Å². The lowest BCUT2D eigenvalue weighted by atomic mass is 10.1. The number of benzene rings is 3. The van der Waals surface area contributed by atoms with Crippen molar-refractivity contribution in [1.82, 2.24) is 0 Å². The van der Waals surface area contributed by atoms with E-state index in [1.807, 2.05) is 11.8 Å². The van der Waals surface area contributed by atoms with Crippen molar-refractivity contribution in [3.05, 3.63) is 102 Å². The molecule has 0 amide bonds. The van der Waals surface area contributed by atoms with Crippen molar-refractivity contribution in [2.24, 2.45) is 0 Å². The Hall–Kier alpha value is -1.99. The molecule has 1 heteroatoms. The van der Waals surface area contributed by atoms with Gasteiger partial charge in [0.05, 0.1) is 0 Å². The maximum Gasteiger partial charge on any atom is 0.0231 e. The highest BCUT2D eigenvalue weighted by atomic mass is 32.2. The Kier molecular flexibility index (Phi) is 4.75. The van der Waals surface area contributed by atoms with Crippen LogP contribution in [0.3, 0.4) is 0 Å². The molecule has 3 rings (SSSR count). The van der Waals surface area contributed by atoms with Crippen LogP contribution < -0.4 is 0 Å². The van der Waals surface area contributed by atoms with E-state index in [-0.39, 0.29) is 0 Å². The molecular formula is C20H18S. The molecule has 104 valence electrons. The van der Waals surface area contributed by atoms with Gasteiger partial charge in [-0.2, -0.15) is 0 Å². The molecule has 0 fully saturated rings. The van der Waals surface area contributed by atoms with Crippen molar-refractivity contribution in [3.8, 4) is 0 Å². The highest BCUT2D eigenvalue weighted by molar-refractivity contribution is 7.98. The van der Waals surface area contributed by atoms with Crippen LogP contribution in [0.1, 0.15) is 16.7 Å². The lowest BCUT2D eigenvalue weighted by molar-refractivity contribution is 1.17. The van der Waals surface area contributed by atoms with Crippen LogP contribution in [0.2, 0.25) is 0 Å². The van der Waals surface area contributed by atoms with Crippen molar-refractivity contribution >= 4 is 11.8 Å².